The molecule has 5 nitrogen and oxygen atoms in total. The van der Waals surface area contributed by atoms with Gasteiger partial charge < -0.3 is 15.5 Å². The van der Waals surface area contributed by atoms with Gasteiger partial charge >= 0.3 is 0 Å². The number of hydrogen-bond acceptors (Lipinski definition) is 3. The van der Waals surface area contributed by atoms with E-state index in [-0.39, 0.29) is 24.0 Å². The Labute approximate surface area is 154 Å². The summed E-state index contributed by atoms with van der Waals surface area (Å²) in [6.45, 7) is 6.72. The van der Waals surface area contributed by atoms with Crippen LogP contribution in [0.15, 0.2) is 48.5 Å². The number of hydrogen-bond donors (Lipinski definition) is 2. The molecular weight excluding hydrogens is 326 g/mol. The standard InChI is InChI=1S/C21H25N3O2/c1-4-13-22-20(25)15-9-11-16(12-10-15)23-19-17-7-5-6-8-18(17)21(26)24(19)14(2)3/h5-12,14,19,23H,4,13H2,1-3H3,(H,22,25). The molecular formula is C21H25N3O2. The number of benzene rings is 2. The molecule has 3 rings (SSSR count). The molecule has 0 bridgehead atoms. The van der Waals surface area contributed by atoms with E-state index in [9.17, 15) is 9.59 Å². The van der Waals surface area contributed by atoms with Gasteiger partial charge in [-0.3, -0.25) is 9.59 Å². The minimum absolute atomic E-state index is 0.0451. The number of rotatable bonds is 6. The zero-order chi connectivity index (χ0) is 18.7. The first-order chi connectivity index (χ1) is 12.5. The van der Waals surface area contributed by atoms with E-state index < -0.39 is 0 Å². The van der Waals surface area contributed by atoms with E-state index in [1.807, 2.05) is 62.1 Å². The quantitative estimate of drug-likeness (QED) is 0.832. The van der Waals surface area contributed by atoms with E-state index in [2.05, 4.69) is 10.6 Å². The average molecular weight is 351 g/mol. The Morgan fingerprint density at radius 2 is 1.81 bits per heavy atom. The molecule has 0 aliphatic carbocycles. The lowest BCUT2D eigenvalue weighted by atomic mass is 10.1. The molecule has 0 aromatic heterocycles. The second-order valence-corrected chi connectivity index (χ2v) is 6.77. The second kappa shape index (κ2) is 7.60. The van der Waals surface area contributed by atoms with Crippen LogP contribution in [0, 0.1) is 0 Å². The van der Waals surface area contributed by atoms with Crippen molar-refractivity contribution in [3.05, 3.63) is 65.2 Å². The highest BCUT2D eigenvalue weighted by atomic mass is 16.2. The molecule has 0 spiro atoms. The van der Waals surface area contributed by atoms with E-state index in [0.717, 1.165) is 23.2 Å². The molecule has 2 aromatic carbocycles. The Morgan fingerprint density at radius 1 is 1.12 bits per heavy atom. The second-order valence-electron chi connectivity index (χ2n) is 6.77. The van der Waals surface area contributed by atoms with Gasteiger partial charge in [0.1, 0.15) is 6.17 Å². The van der Waals surface area contributed by atoms with Crippen molar-refractivity contribution in [2.75, 3.05) is 11.9 Å². The number of nitrogens with one attached hydrogen (secondary N) is 2. The van der Waals surface area contributed by atoms with Gasteiger partial charge in [0.2, 0.25) is 0 Å². The molecule has 0 radical (unpaired) electrons. The minimum atomic E-state index is -0.210. The van der Waals surface area contributed by atoms with Crippen molar-refractivity contribution < 1.29 is 9.59 Å². The molecule has 2 amide bonds. The fraction of sp³-hybridized carbons (Fsp3) is 0.333. The van der Waals surface area contributed by atoms with Gasteiger partial charge in [-0.1, -0.05) is 25.1 Å². The van der Waals surface area contributed by atoms with Crippen molar-refractivity contribution in [1.82, 2.24) is 10.2 Å². The highest BCUT2D eigenvalue weighted by Gasteiger charge is 2.37. The van der Waals surface area contributed by atoms with Crippen molar-refractivity contribution in [2.24, 2.45) is 0 Å². The Hall–Kier alpha value is -2.82. The monoisotopic (exact) mass is 351 g/mol. The Kier molecular flexibility index (Phi) is 5.26. The third-order valence-electron chi connectivity index (χ3n) is 4.54. The molecule has 5 heteroatoms. The van der Waals surface area contributed by atoms with E-state index >= 15 is 0 Å². The molecule has 2 aromatic rings. The molecule has 1 aliphatic rings. The number of carbonyl (C=O) groups is 2. The van der Waals surface area contributed by atoms with Crippen molar-refractivity contribution in [1.29, 1.82) is 0 Å². The molecule has 0 saturated carbocycles. The Bertz CT molecular complexity index is 799. The van der Waals surface area contributed by atoms with Crippen LogP contribution in [0.4, 0.5) is 5.69 Å². The molecule has 1 unspecified atom stereocenters. The lowest BCUT2D eigenvalue weighted by Crippen LogP contribution is -2.37. The SMILES string of the molecule is CCCNC(=O)c1ccc(NC2c3ccccc3C(=O)N2C(C)C)cc1. The number of nitrogens with zero attached hydrogens (tertiary/aromatic N) is 1. The Balaban J connectivity index is 1.81. The van der Waals surface area contributed by atoms with Gasteiger partial charge in [0.05, 0.1) is 0 Å². The Morgan fingerprint density at radius 3 is 2.46 bits per heavy atom. The molecule has 0 saturated heterocycles. The van der Waals surface area contributed by atoms with Crippen LogP contribution in [-0.2, 0) is 0 Å². The smallest absolute Gasteiger partial charge is 0.256 e. The number of carbonyl (C=O) groups excluding carboxylic acids is 2. The number of amides is 2. The summed E-state index contributed by atoms with van der Waals surface area (Å²) in [4.78, 5) is 26.6. The highest BCUT2D eigenvalue weighted by Crippen LogP contribution is 2.35. The number of fused-ring (bicyclic) bond motifs is 1. The summed E-state index contributed by atoms with van der Waals surface area (Å²) in [5.74, 6) is -0.0211. The molecule has 26 heavy (non-hydrogen) atoms. The van der Waals surface area contributed by atoms with Crippen molar-refractivity contribution in [3.63, 3.8) is 0 Å². The largest absolute Gasteiger partial charge is 0.361 e. The highest BCUT2D eigenvalue weighted by molar-refractivity contribution is 5.99. The van der Waals surface area contributed by atoms with Crippen molar-refractivity contribution in [2.45, 2.75) is 39.4 Å². The van der Waals surface area contributed by atoms with Gasteiger partial charge in [0.15, 0.2) is 0 Å². The molecule has 0 fully saturated rings. The first-order valence-corrected chi connectivity index (χ1v) is 9.09. The van der Waals surface area contributed by atoms with Gasteiger partial charge in [0.25, 0.3) is 11.8 Å². The number of anilines is 1. The topological polar surface area (TPSA) is 61.4 Å². The van der Waals surface area contributed by atoms with Gasteiger partial charge in [-0.2, -0.15) is 0 Å². The van der Waals surface area contributed by atoms with E-state index in [4.69, 9.17) is 0 Å². The van der Waals surface area contributed by atoms with Gasteiger partial charge in [0, 0.05) is 35.0 Å². The molecule has 1 atom stereocenters. The van der Waals surface area contributed by atoms with Gasteiger partial charge in [-0.15, -0.1) is 0 Å². The zero-order valence-electron chi connectivity index (χ0n) is 15.5. The van der Waals surface area contributed by atoms with Gasteiger partial charge in [-0.25, -0.2) is 0 Å². The van der Waals surface area contributed by atoms with Crippen LogP contribution in [0.25, 0.3) is 0 Å². The summed E-state index contributed by atoms with van der Waals surface area (Å²) < 4.78 is 0. The maximum Gasteiger partial charge on any atom is 0.256 e. The summed E-state index contributed by atoms with van der Waals surface area (Å²) in [5, 5.41) is 6.31. The van der Waals surface area contributed by atoms with Crippen LogP contribution in [-0.4, -0.2) is 29.3 Å². The predicted molar refractivity (Wildman–Crippen MR) is 103 cm³/mol. The van der Waals surface area contributed by atoms with Crippen LogP contribution in [0.3, 0.4) is 0 Å². The fourth-order valence-corrected chi connectivity index (χ4v) is 3.23. The first-order valence-electron chi connectivity index (χ1n) is 9.09. The predicted octanol–water partition coefficient (Wildman–Crippen LogP) is 3.80. The molecule has 1 heterocycles. The van der Waals surface area contributed by atoms with Gasteiger partial charge in [-0.05, 0) is 50.6 Å². The van der Waals surface area contributed by atoms with E-state index in [1.54, 1.807) is 12.1 Å². The molecule has 136 valence electrons. The third-order valence-corrected chi connectivity index (χ3v) is 4.54. The summed E-state index contributed by atoms with van der Waals surface area (Å²) in [7, 11) is 0. The summed E-state index contributed by atoms with van der Waals surface area (Å²) in [6.07, 6.45) is 0.699. The molecule has 2 N–H and O–H groups in total. The summed E-state index contributed by atoms with van der Waals surface area (Å²) in [6, 6.07) is 15.1. The summed E-state index contributed by atoms with van der Waals surface area (Å²) >= 11 is 0. The maximum atomic E-state index is 12.7. The van der Waals surface area contributed by atoms with Crippen LogP contribution in [0.5, 0.6) is 0 Å². The van der Waals surface area contributed by atoms with Crippen LogP contribution in [0.1, 0.15) is 59.6 Å². The van der Waals surface area contributed by atoms with Crippen LogP contribution in [0.2, 0.25) is 0 Å². The molecule has 1 aliphatic heterocycles. The van der Waals surface area contributed by atoms with E-state index in [1.165, 1.54) is 0 Å². The first kappa shape index (κ1) is 18.0. The van der Waals surface area contributed by atoms with Crippen molar-refractivity contribution >= 4 is 17.5 Å². The third kappa shape index (κ3) is 3.43. The van der Waals surface area contributed by atoms with Crippen LogP contribution < -0.4 is 10.6 Å². The lowest BCUT2D eigenvalue weighted by Gasteiger charge is -2.30. The minimum Gasteiger partial charge on any atom is -0.361 e. The zero-order valence-corrected chi connectivity index (χ0v) is 15.5. The van der Waals surface area contributed by atoms with E-state index in [0.29, 0.717) is 12.1 Å². The van der Waals surface area contributed by atoms with Crippen molar-refractivity contribution in [3.8, 4) is 0 Å². The fourth-order valence-electron chi connectivity index (χ4n) is 3.23. The maximum absolute atomic E-state index is 12.7. The normalized spacial score (nSPS) is 15.9. The lowest BCUT2D eigenvalue weighted by molar-refractivity contribution is 0.0685. The summed E-state index contributed by atoms with van der Waals surface area (Å²) in [5.41, 5.74) is 3.23. The van der Waals surface area contributed by atoms with Crippen LogP contribution >= 0.6 is 0 Å². The average Bonchev–Trinajstić information content (AvgIpc) is 2.93.